The Hall–Kier alpha value is -2.37. The van der Waals surface area contributed by atoms with Crippen LogP contribution in [0.15, 0.2) is 54.6 Å². The predicted octanol–water partition coefficient (Wildman–Crippen LogP) is 3.56. The van der Waals surface area contributed by atoms with Gasteiger partial charge in [-0.1, -0.05) is 36.4 Å². The minimum absolute atomic E-state index is 0.0445. The molecule has 2 atom stereocenters. The third-order valence-corrected chi connectivity index (χ3v) is 5.13. The Morgan fingerprint density at radius 2 is 1.96 bits per heavy atom. The van der Waals surface area contributed by atoms with Gasteiger partial charge in [0.1, 0.15) is 5.75 Å². The molecular formula is C22H28N2O3. The first-order valence-electron chi connectivity index (χ1n) is 9.43. The number of nitrogens with one attached hydrogen (secondary N) is 1. The Morgan fingerprint density at radius 1 is 1.15 bits per heavy atom. The van der Waals surface area contributed by atoms with Gasteiger partial charge in [0.2, 0.25) is 5.91 Å². The number of hydrogen-bond donors (Lipinski definition) is 1. The van der Waals surface area contributed by atoms with Gasteiger partial charge in [0, 0.05) is 31.5 Å². The molecule has 5 nitrogen and oxygen atoms in total. The van der Waals surface area contributed by atoms with Gasteiger partial charge in [-0.25, -0.2) is 0 Å². The van der Waals surface area contributed by atoms with Gasteiger partial charge in [0.25, 0.3) is 0 Å². The van der Waals surface area contributed by atoms with Crippen LogP contribution in [0.1, 0.15) is 18.4 Å². The molecule has 0 saturated carbocycles. The number of nitrogens with zero attached hydrogens (tertiary/aromatic N) is 1. The summed E-state index contributed by atoms with van der Waals surface area (Å²) in [7, 11) is 3.32. The molecule has 0 aromatic heterocycles. The molecule has 0 spiro atoms. The highest BCUT2D eigenvalue weighted by Gasteiger charge is 2.36. The molecule has 0 unspecified atom stereocenters. The summed E-state index contributed by atoms with van der Waals surface area (Å²) < 4.78 is 10.7. The number of methoxy groups -OCH3 is 2. The van der Waals surface area contributed by atoms with Crippen LogP contribution in [0.2, 0.25) is 0 Å². The van der Waals surface area contributed by atoms with Crippen molar-refractivity contribution in [2.75, 3.05) is 32.7 Å². The first-order chi connectivity index (χ1) is 13.2. The van der Waals surface area contributed by atoms with Crippen LogP contribution in [0, 0.1) is 5.92 Å². The Bertz CT molecular complexity index is 735. The molecule has 5 heteroatoms. The standard InChI is InChI=1S/C22H28N2O3/c1-26-16-21-20(22(25)23-18-10-6-11-19(14-18)27-2)12-7-13-24(21)15-17-8-4-3-5-9-17/h3-6,8-11,14,20-21H,7,12-13,15-16H2,1-2H3,(H,23,25)/t20-,21-/m1/s1. The van der Waals surface area contributed by atoms with Crippen LogP contribution in [0.5, 0.6) is 5.75 Å². The average Bonchev–Trinajstić information content (AvgIpc) is 2.70. The number of carbonyl (C=O) groups is 1. The van der Waals surface area contributed by atoms with Crippen molar-refractivity contribution in [2.24, 2.45) is 5.92 Å². The van der Waals surface area contributed by atoms with Crippen molar-refractivity contribution in [1.29, 1.82) is 0 Å². The molecule has 0 radical (unpaired) electrons. The highest BCUT2D eigenvalue weighted by molar-refractivity contribution is 5.93. The van der Waals surface area contributed by atoms with Gasteiger partial charge in [0.05, 0.1) is 19.6 Å². The lowest BCUT2D eigenvalue weighted by Gasteiger charge is -2.40. The van der Waals surface area contributed by atoms with Crippen LogP contribution in [0.4, 0.5) is 5.69 Å². The highest BCUT2D eigenvalue weighted by atomic mass is 16.5. The number of rotatable bonds is 7. The number of likely N-dealkylation sites (tertiary alicyclic amines) is 1. The zero-order valence-electron chi connectivity index (χ0n) is 16.1. The van der Waals surface area contributed by atoms with Gasteiger partial charge in [-0.05, 0) is 37.1 Å². The van der Waals surface area contributed by atoms with Crippen LogP contribution in [-0.4, -0.2) is 44.2 Å². The van der Waals surface area contributed by atoms with Crippen molar-refractivity contribution in [2.45, 2.75) is 25.4 Å². The largest absolute Gasteiger partial charge is 0.497 e. The summed E-state index contributed by atoms with van der Waals surface area (Å²) in [5, 5.41) is 3.06. The zero-order chi connectivity index (χ0) is 19.1. The summed E-state index contributed by atoms with van der Waals surface area (Å²) in [5.41, 5.74) is 2.02. The van der Waals surface area contributed by atoms with Crippen molar-refractivity contribution in [3.05, 3.63) is 60.2 Å². The van der Waals surface area contributed by atoms with Crippen molar-refractivity contribution >= 4 is 11.6 Å². The van der Waals surface area contributed by atoms with Crippen LogP contribution < -0.4 is 10.1 Å². The van der Waals surface area contributed by atoms with E-state index in [4.69, 9.17) is 9.47 Å². The first kappa shape index (κ1) is 19.4. The molecule has 2 aromatic carbocycles. The van der Waals surface area contributed by atoms with Crippen molar-refractivity contribution in [3.63, 3.8) is 0 Å². The second kappa shape index (κ2) is 9.53. The van der Waals surface area contributed by atoms with E-state index in [1.54, 1.807) is 14.2 Å². The monoisotopic (exact) mass is 368 g/mol. The van der Waals surface area contributed by atoms with Gasteiger partial charge in [-0.3, -0.25) is 9.69 Å². The molecular weight excluding hydrogens is 340 g/mol. The number of carbonyl (C=O) groups excluding carboxylic acids is 1. The fourth-order valence-electron chi connectivity index (χ4n) is 3.78. The Morgan fingerprint density at radius 3 is 2.70 bits per heavy atom. The summed E-state index contributed by atoms with van der Waals surface area (Å²) in [6.07, 6.45) is 1.87. The molecule has 1 aliphatic rings. The van der Waals surface area contributed by atoms with Gasteiger partial charge in [-0.2, -0.15) is 0 Å². The molecule has 1 amide bonds. The highest BCUT2D eigenvalue weighted by Crippen LogP contribution is 2.27. The summed E-state index contributed by atoms with van der Waals surface area (Å²) in [4.78, 5) is 15.4. The number of amides is 1. The van der Waals surface area contributed by atoms with Crippen LogP contribution in [-0.2, 0) is 16.1 Å². The number of piperidine rings is 1. The first-order valence-corrected chi connectivity index (χ1v) is 9.43. The van der Waals surface area contributed by atoms with Gasteiger partial charge in [-0.15, -0.1) is 0 Å². The van der Waals surface area contributed by atoms with Gasteiger partial charge < -0.3 is 14.8 Å². The van der Waals surface area contributed by atoms with Gasteiger partial charge >= 0.3 is 0 Å². The Kier molecular flexibility index (Phi) is 6.85. The van der Waals surface area contributed by atoms with E-state index in [0.717, 1.165) is 37.4 Å². The Balaban J connectivity index is 1.72. The minimum atomic E-state index is -0.103. The fraction of sp³-hybridized carbons (Fsp3) is 0.409. The summed E-state index contributed by atoms with van der Waals surface area (Å²) >= 11 is 0. The molecule has 3 rings (SSSR count). The summed E-state index contributed by atoms with van der Waals surface area (Å²) in [6, 6.07) is 17.9. The zero-order valence-corrected chi connectivity index (χ0v) is 16.1. The molecule has 144 valence electrons. The number of ether oxygens (including phenoxy) is 2. The average molecular weight is 368 g/mol. The summed E-state index contributed by atoms with van der Waals surface area (Å²) in [6.45, 7) is 2.35. The van der Waals surface area contributed by atoms with E-state index in [-0.39, 0.29) is 17.9 Å². The van der Waals surface area contributed by atoms with Gasteiger partial charge in [0.15, 0.2) is 0 Å². The van der Waals surface area contributed by atoms with E-state index in [1.165, 1.54) is 5.56 Å². The van der Waals surface area contributed by atoms with Crippen LogP contribution in [0.3, 0.4) is 0 Å². The fourth-order valence-corrected chi connectivity index (χ4v) is 3.78. The van der Waals surface area contributed by atoms with Crippen LogP contribution >= 0.6 is 0 Å². The maximum atomic E-state index is 13.0. The molecule has 1 saturated heterocycles. The van der Waals surface area contributed by atoms with Crippen molar-refractivity contribution < 1.29 is 14.3 Å². The molecule has 2 aromatic rings. The number of anilines is 1. The maximum Gasteiger partial charge on any atom is 0.229 e. The number of hydrogen-bond acceptors (Lipinski definition) is 4. The lowest BCUT2D eigenvalue weighted by atomic mass is 9.88. The topological polar surface area (TPSA) is 50.8 Å². The van der Waals surface area contributed by atoms with E-state index < -0.39 is 0 Å². The molecule has 1 heterocycles. The van der Waals surface area contributed by atoms with E-state index in [0.29, 0.717) is 6.61 Å². The van der Waals surface area contributed by atoms with E-state index in [9.17, 15) is 4.79 Å². The molecule has 1 N–H and O–H groups in total. The minimum Gasteiger partial charge on any atom is -0.497 e. The predicted molar refractivity (Wildman–Crippen MR) is 107 cm³/mol. The van der Waals surface area contributed by atoms with E-state index in [2.05, 4.69) is 34.5 Å². The van der Waals surface area contributed by atoms with E-state index in [1.807, 2.05) is 30.3 Å². The molecule has 0 aliphatic carbocycles. The Labute approximate surface area is 161 Å². The molecule has 1 fully saturated rings. The van der Waals surface area contributed by atoms with Crippen LogP contribution in [0.25, 0.3) is 0 Å². The van der Waals surface area contributed by atoms with Crippen molar-refractivity contribution in [1.82, 2.24) is 4.90 Å². The smallest absolute Gasteiger partial charge is 0.229 e. The summed E-state index contributed by atoms with van der Waals surface area (Å²) in [5.74, 6) is 0.673. The third kappa shape index (κ3) is 5.08. The number of benzene rings is 2. The molecule has 0 bridgehead atoms. The quantitative estimate of drug-likeness (QED) is 0.812. The van der Waals surface area contributed by atoms with Crippen molar-refractivity contribution in [3.8, 4) is 5.75 Å². The normalized spacial score (nSPS) is 20.2. The molecule has 1 aliphatic heterocycles. The lowest BCUT2D eigenvalue weighted by Crippen LogP contribution is -2.51. The lowest BCUT2D eigenvalue weighted by molar-refractivity contribution is -0.125. The second-order valence-electron chi connectivity index (χ2n) is 6.95. The third-order valence-electron chi connectivity index (χ3n) is 5.13. The van der Waals surface area contributed by atoms with E-state index >= 15 is 0 Å². The molecule has 27 heavy (non-hydrogen) atoms. The second-order valence-corrected chi connectivity index (χ2v) is 6.95. The maximum absolute atomic E-state index is 13.0. The SMILES string of the molecule is COC[C@@H]1[C@H](C(=O)Nc2cccc(OC)c2)CCCN1Cc1ccccc1.